The number of aromatic nitrogens is 2. The van der Waals surface area contributed by atoms with Gasteiger partial charge in [0.25, 0.3) is 0 Å². The van der Waals surface area contributed by atoms with E-state index >= 15 is 0 Å². The predicted molar refractivity (Wildman–Crippen MR) is 124 cm³/mol. The number of rotatable bonds is 6. The third kappa shape index (κ3) is 5.98. The van der Waals surface area contributed by atoms with Gasteiger partial charge >= 0.3 is 6.09 Å². The van der Waals surface area contributed by atoms with E-state index in [1.165, 1.54) is 10.5 Å². The second kappa shape index (κ2) is 10.3. The summed E-state index contributed by atoms with van der Waals surface area (Å²) in [5.41, 5.74) is 2.37. The lowest BCUT2D eigenvalue weighted by molar-refractivity contribution is 0.149. The number of piperazine rings is 1. The molecule has 0 bridgehead atoms. The Morgan fingerprint density at radius 2 is 1.74 bits per heavy atom. The van der Waals surface area contributed by atoms with Gasteiger partial charge in [0.05, 0.1) is 0 Å². The number of nitrogens with zero attached hydrogens (tertiary/aromatic N) is 4. The molecule has 7 heteroatoms. The molecular weight excluding hydrogens is 408 g/mol. The first-order valence-electron chi connectivity index (χ1n) is 10.4. The average molecular weight is 435 g/mol. The molecule has 4 rings (SSSR count). The number of pyridine rings is 2. The second-order valence-corrected chi connectivity index (χ2v) is 8.63. The van der Waals surface area contributed by atoms with Crippen LogP contribution < -0.4 is 9.64 Å². The third-order valence-electron chi connectivity index (χ3n) is 5.20. The summed E-state index contributed by atoms with van der Waals surface area (Å²) in [6.45, 7) is 4.77. The van der Waals surface area contributed by atoms with Crippen LogP contribution >= 0.6 is 11.8 Å². The molecule has 1 saturated heterocycles. The smallest absolute Gasteiger partial charge is 0.410 e. The Morgan fingerprint density at radius 1 is 1.00 bits per heavy atom. The summed E-state index contributed by atoms with van der Waals surface area (Å²) in [5.74, 6) is 2.53. The minimum Gasteiger partial charge on any atom is -0.410 e. The second-order valence-electron chi connectivity index (χ2n) is 7.46. The number of ether oxygens (including phenoxy) is 1. The highest BCUT2D eigenvalue weighted by Gasteiger charge is 2.23. The quantitative estimate of drug-likeness (QED) is 0.535. The first kappa shape index (κ1) is 21.2. The molecule has 1 aliphatic heterocycles. The van der Waals surface area contributed by atoms with Crippen molar-refractivity contribution in [3.63, 3.8) is 0 Å². The molecule has 6 nitrogen and oxygen atoms in total. The molecule has 3 aromatic rings. The Labute approximate surface area is 187 Å². The van der Waals surface area contributed by atoms with Crippen molar-refractivity contribution in [3.8, 4) is 5.75 Å². The Hall–Kier alpha value is -3.06. The van der Waals surface area contributed by atoms with Crippen molar-refractivity contribution in [2.24, 2.45) is 0 Å². The highest BCUT2D eigenvalue weighted by molar-refractivity contribution is 7.99. The molecule has 31 heavy (non-hydrogen) atoms. The van der Waals surface area contributed by atoms with Crippen LogP contribution in [0.25, 0.3) is 0 Å². The molecule has 1 fully saturated rings. The van der Waals surface area contributed by atoms with Crippen LogP contribution in [0.5, 0.6) is 5.75 Å². The molecule has 0 radical (unpaired) electrons. The molecule has 0 unspecified atom stereocenters. The van der Waals surface area contributed by atoms with Crippen LogP contribution in [0.3, 0.4) is 0 Å². The molecule has 0 N–H and O–H groups in total. The first-order chi connectivity index (χ1) is 15.2. The summed E-state index contributed by atoms with van der Waals surface area (Å²) in [5, 5.41) is 0. The van der Waals surface area contributed by atoms with Gasteiger partial charge < -0.3 is 14.5 Å². The number of carbonyl (C=O) groups excluding carboxylic acids is 1. The maximum Gasteiger partial charge on any atom is 0.415 e. The van der Waals surface area contributed by atoms with E-state index < -0.39 is 0 Å². The third-order valence-corrected chi connectivity index (χ3v) is 6.21. The highest BCUT2D eigenvalue weighted by atomic mass is 32.2. The zero-order chi connectivity index (χ0) is 21.5. The minimum absolute atomic E-state index is 0.294. The summed E-state index contributed by atoms with van der Waals surface area (Å²) in [6, 6.07) is 15.9. The van der Waals surface area contributed by atoms with Gasteiger partial charge in [-0.25, -0.2) is 9.78 Å². The number of amides is 1. The highest BCUT2D eigenvalue weighted by Crippen LogP contribution is 2.20. The van der Waals surface area contributed by atoms with Gasteiger partial charge in [0.1, 0.15) is 11.6 Å². The van der Waals surface area contributed by atoms with Crippen LogP contribution in [0.1, 0.15) is 11.1 Å². The zero-order valence-electron chi connectivity index (χ0n) is 17.6. The number of benzene rings is 1. The first-order valence-corrected chi connectivity index (χ1v) is 11.4. The Balaban J connectivity index is 1.22. The van der Waals surface area contributed by atoms with Crippen LogP contribution in [0.15, 0.2) is 72.0 Å². The van der Waals surface area contributed by atoms with Crippen LogP contribution in [0.4, 0.5) is 10.6 Å². The van der Waals surface area contributed by atoms with Crippen LogP contribution in [-0.4, -0.2) is 52.9 Å². The molecule has 3 heterocycles. The van der Waals surface area contributed by atoms with Gasteiger partial charge in [-0.05, 0) is 54.8 Å². The van der Waals surface area contributed by atoms with Crippen molar-refractivity contribution in [1.29, 1.82) is 0 Å². The molecule has 1 aromatic carbocycles. The van der Waals surface area contributed by atoms with E-state index in [4.69, 9.17) is 4.74 Å². The lowest BCUT2D eigenvalue weighted by atomic mass is 10.2. The fourth-order valence-electron chi connectivity index (χ4n) is 3.38. The van der Waals surface area contributed by atoms with E-state index in [2.05, 4.69) is 20.9 Å². The zero-order valence-corrected chi connectivity index (χ0v) is 18.4. The molecule has 160 valence electrons. The van der Waals surface area contributed by atoms with E-state index in [1.807, 2.05) is 79.7 Å². The van der Waals surface area contributed by atoms with Crippen LogP contribution in [-0.2, 0) is 6.42 Å². The van der Waals surface area contributed by atoms with Gasteiger partial charge in [0.15, 0.2) is 0 Å². The molecule has 0 saturated carbocycles. The van der Waals surface area contributed by atoms with Crippen molar-refractivity contribution in [3.05, 3.63) is 78.2 Å². The van der Waals surface area contributed by atoms with Gasteiger partial charge in [-0.2, -0.15) is 0 Å². The number of hydrogen-bond acceptors (Lipinski definition) is 6. The van der Waals surface area contributed by atoms with Crippen molar-refractivity contribution >= 4 is 23.7 Å². The number of anilines is 1. The lowest BCUT2D eigenvalue weighted by Gasteiger charge is -2.34. The Bertz CT molecular complexity index is 973. The molecule has 0 spiro atoms. The molecule has 0 aliphatic carbocycles. The largest absolute Gasteiger partial charge is 0.415 e. The molecule has 1 aliphatic rings. The number of aryl methyl sites for hydroxylation is 2. The molecule has 0 atom stereocenters. The summed E-state index contributed by atoms with van der Waals surface area (Å²) >= 11 is 1.81. The summed E-state index contributed by atoms with van der Waals surface area (Å²) in [4.78, 5) is 26.2. The average Bonchev–Trinajstić information content (AvgIpc) is 2.81. The van der Waals surface area contributed by atoms with Gasteiger partial charge in [-0.3, -0.25) is 4.98 Å². The fraction of sp³-hybridized carbons (Fsp3) is 0.292. The number of hydrogen-bond donors (Lipinski definition) is 0. The van der Waals surface area contributed by atoms with Crippen LogP contribution in [0.2, 0.25) is 0 Å². The van der Waals surface area contributed by atoms with Crippen molar-refractivity contribution in [1.82, 2.24) is 14.9 Å². The van der Waals surface area contributed by atoms with Crippen molar-refractivity contribution in [2.75, 3.05) is 36.8 Å². The molecule has 2 aromatic heterocycles. The van der Waals surface area contributed by atoms with E-state index in [0.717, 1.165) is 36.6 Å². The predicted octanol–water partition coefficient (Wildman–Crippen LogP) is 4.44. The number of carbonyl (C=O) groups is 1. The van der Waals surface area contributed by atoms with Gasteiger partial charge in [-0.15, -0.1) is 11.8 Å². The van der Waals surface area contributed by atoms with Gasteiger partial charge in [-0.1, -0.05) is 18.2 Å². The summed E-state index contributed by atoms with van der Waals surface area (Å²) in [6.07, 6.45) is 6.15. The topological polar surface area (TPSA) is 58.6 Å². The lowest BCUT2D eigenvalue weighted by Crippen LogP contribution is -2.49. The minimum atomic E-state index is -0.294. The van der Waals surface area contributed by atoms with Crippen LogP contribution in [0, 0.1) is 6.92 Å². The van der Waals surface area contributed by atoms with Crippen molar-refractivity contribution < 1.29 is 9.53 Å². The van der Waals surface area contributed by atoms with Gasteiger partial charge in [0.2, 0.25) is 0 Å². The SMILES string of the molecule is Cc1ccc(N2CCN(C(=O)Oc3ccc(CCSc4ccncc4)cc3)CC2)nc1. The fourth-order valence-corrected chi connectivity index (χ4v) is 4.26. The van der Waals surface area contributed by atoms with Gasteiger partial charge in [0, 0.05) is 55.4 Å². The summed E-state index contributed by atoms with van der Waals surface area (Å²) < 4.78 is 5.58. The monoisotopic (exact) mass is 434 g/mol. The van der Waals surface area contributed by atoms with Crippen molar-refractivity contribution in [2.45, 2.75) is 18.2 Å². The normalized spacial score (nSPS) is 13.8. The van der Waals surface area contributed by atoms with E-state index in [9.17, 15) is 4.79 Å². The van der Waals surface area contributed by atoms with E-state index in [0.29, 0.717) is 18.8 Å². The summed E-state index contributed by atoms with van der Waals surface area (Å²) in [7, 11) is 0. The Morgan fingerprint density at radius 3 is 2.42 bits per heavy atom. The molecular formula is C24H26N4O2S. The standard InChI is InChI=1S/C24H26N4O2S/c1-19-2-7-23(26-18-19)27-13-15-28(16-14-27)24(29)30-21-5-3-20(4-6-21)10-17-31-22-8-11-25-12-9-22/h2-9,11-12,18H,10,13-17H2,1H3. The maximum atomic E-state index is 12.5. The van der Waals surface area contributed by atoms with E-state index in [-0.39, 0.29) is 6.09 Å². The maximum absolute atomic E-state index is 12.5. The Kier molecular flexibility index (Phi) is 7.04. The number of thioether (sulfide) groups is 1. The molecule has 1 amide bonds. The van der Waals surface area contributed by atoms with E-state index in [1.54, 1.807) is 4.90 Å².